The molecule has 0 N–H and O–H groups in total. The monoisotopic (exact) mass is 976 g/mol. The van der Waals surface area contributed by atoms with Crippen LogP contribution in [0.5, 0.6) is 0 Å². The minimum absolute atomic E-state index is 0.373. The van der Waals surface area contributed by atoms with Crippen molar-refractivity contribution >= 4 is 102 Å². The van der Waals surface area contributed by atoms with Gasteiger partial charge in [0.05, 0.1) is 0 Å². The molecule has 0 atom stereocenters. The van der Waals surface area contributed by atoms with Gasteiger partial charge in [-0.05, 0) is 25.0 Å². The van der Waals surface area contributed by atoms with E-state index in [2.05, 4.69) is 254 Å². The van der Waals surface area contributed by atoms with Gasteiger partial charge < -0.3 is 0 Å². The van der Waals surface area contributed by atoms with Gasteiger partial charge in [-0.25, -0.2) is 0 Å². The minimum atomic E-state index is 0.373. The Labute approximate surface area is 397 Å². The molecule has 2 aromatic heterocycles. The molecular formula is C62H44N2Se2. The Balaban J connectivity index is 0.829. The maximum absolute atomic E-state index is 2.38. The van der Waals surface area contributed by atoms with Crippen LogP contribution in [0.1, 0.15) is 11.1 Å². The van der Waals surface area contributed by atoms with Crippen molar-refractivity contribution in [3.05, 3.63) is 242 Å². The summed E-state index contributed by atoms with van der Waals surface area (Å²) in [5, 5.41) is 5.55. The summed E-state index contributed by atoms with van der Waals surface area (Å²) >= 11 is 0.745. The molecule has 314 valence electrons. The average Bonchev–Trinajstić information content (AvgIpc) is 3.94. The topological polar surface area (TPSA) is 6.48 Å². The first-order valence-corrected chi connectivity index (χ1v) is 25.9. The second-order valence-corrected chi connectivity index (χ2v) is 21.7. The van der Waals surface area contributed by atoms with E-state index in [1.54, 1.807) is 0 Å². The zero-order valence-corrected chi connectivity index (χ0v) is 40.1. The van der Waals surface area contributed by atoms with E-state index >= 15 is 0 Å². The molecule has 0 saturated carbocycles. The van der Waals surface area contributed by atoms with Crippen LogP contribution in [-0.2, 0) is 0 Å². The Morgan fingerprint density at radius 2 is 0.500 bits per heavy atom. The van der Waals surface area contributed by atoms with E-state index in [0.717, 1.165) is 34.1 Å². The molecule has 0 spiro atoms. The summed E-state index contributed by atoms with van der Waals surface area (Å²) in [6.07, 6.45) is 0. The number of hydrogen-bond donors (Lipinski definition) is 0. The van der Waals surface area contributed by atoms with Crippen LogP contribution in [0.4, 0.5) is 34.1 Å². The predicted octanol–water partition coefficient (Wildman–Crippen LogP) is 17.0. The van der Waals surface area contributed by atoms with Crippen LogP contribution in [0.3, 0.4) is 0 Å². The van der Waals surface area contributed by atoms with Crippen molar-refractivity contribution in [2.75, 3.05) is 9.80 Å². The summed E-state index contributed by atoms with van der Waals surface area (Å²) in [5.41, 5.74) is 16.5. The summed E-state index contributed by atoms with van der Waals surface area (Å²) < 4.78 is 5.89. The zero-order chi connectivity index (χ0) is 44.1. The maximum atomic E-state index is 2.38. The second kappa shape index (κ2) is 17.0. The number of hydrogen-bond acceptors (Lipinski definition) is 2. The number of rotatable bonds is 9. The van der Waals surface area contributed by atoms with Gasteiger partial charge in [0.25, 0.3) is 0 Å². The molecule has 0 unspecified atom stereocenters. The molecule has 0 aliphatic carbocycles. The normalized spacial score (nSPS) is 11.5. The van der Waals surface area contributed by atoms with Gasteiger partial charge in [0.15, 0.2) is 0 Å². The number of benzene rings is 10. The quantitative estimate of drug-likeness (QED) is 0.133. The van der Waals surface area contributed by atoms with Crippen molar-refractivity contribution in [2.24, 2.45) is 0 Å². The summed E-state index contributed by atoms with van der Waals surface area (Å²) in [5.74, 6) is 0. The fourth-order valence-electron chi connectivity index (χ4n) is 9.31. The van der Waals surface area contributed by atoms with Crippen molar-refractivity contribution in [1.82, 2.24) is 0 Å². The Morgan fingerprint density at radius 3 is 0.833 bits per heavy atom. The Bertz CT molecular complexity index is 3430. The van der Waals surface area contributed by atoms with E-state index < -0.39 is 0 Å². The van der Waals surface area contributed by atoms with E-state index in [1.165, 1.54) is 83.1 Å². The summed E-state index contributed by atoms with van der Waals surface area (Å²) in [6.45, 7) is 4.29. The van der Waals surface area contributed by atoms with Crippen LogP contribution in [0.25, 0.3) is 72.0 Å². The molecule has 66 heavy (non-hydrogen) atoms. The molecule has 0 saturated heterocycles. The zero-order valence-electron chi connectivity index (χ0n) is 36.7. The summed E-state index contributed by atoms with van der Waals surface area (Å²) in [4.78, 5) is 4.71. The van der Waals surface area contributed by atoms with Gasteiger partial charge in [-0.3, -0.25) is 0 Å². The number of aryl methyl sites for hydroxylation is 2. The van der Waals surface area contributed by atoms with Gasteiger partial charge >= 0.3 is 364 Å². The average molecular weight is 975 g/mol. The molecule has 0 bridgehead atoms. The van der Waals surface area contributed by atoms with E-state index in [1.807, 2.05) is 0 Å². The van der Waals surface area contributed by atoms with Crippen molar-refractivity contribution in [3.8, 4) is 33.4 Å². The van der Waals surface area contributed by atoms with Crippen LogP contribution in [-0.4, -0.2) is 29.0 Å². The molecule has 0 aliphatic heterocycles. The standard InChI is InChI=1S/C62H44N2Se2/c1-41-11-25-49(26-12-41)63(53-33-19-45(20-34-53)47-23-37-61-57(39-47)55-7-3-5-9-59(55)65-61)51-29-15-43(16-30-51)44-17-31-52(32-18-44)64(50-27-13-42(2)14-28-50)54-35-21-46(22-36-54)48-24-38-62-58(40-48)56-8-4-6-10-60(56)66-62/h3-40H,1-2H3. The van der Waals surface area contributed by atoms with Gasteiger partial charge in [0.2, 0.25) is 0 Å². The molecule has 2 heterocycles. The molecule has 2 nitrogen and oxygen atoms in total. The van der Waals surface area contributed by atoms with Gasteiger partial charge in [-0.15, -0.1) is 0 Å². The van der Waals surface area contributed by atoms with E-state index in [9.17, 15) is 0 Å². The Kier molecular flexibility index (Phi) is 10.4. The number of anilines is 6. The van der Waals surface area contributed by atoms with Crippen molar-refractivity contribution in [1.29, 1.82) is 0 Å². The molecule has 0 fully saturated rings. The van der Waals surface area contributed by atoms with Gasteiger partial charge in [0.1, 0.15) is 0 Å². The molecule has 0 amide bonds. The van der Waals surface area contributed by atoms with E-state index in [4.69, 9.17) is 0 Å². The SMILES string of the molecule is Cc1ccc(N(c2ccc(-c3ccc(N(c4ccc(C)cc4)c4ccc(-c5ccc6[se]c7ccccc7c6c5)cc4)cc3)cc2)c2ccc(-c3ccc4[se]c5ccccc5c4c3)cc2)cc1. The molecule has 4 heteroatoms. The molecule has 0 aliphatic rings. The molecule has 12 rings (SSSR count). The van der Waals surface area contributed by atoms with E-state index in [0.29, 0.717) is 29.0 Å². The second-order valence-electron chi connectivity index (χ2n) is 17.1. The van der Waals surface area contributed by atoms with Gasteiger partial charge in [0, 0.05) is 0 Å². The van der Waals surface area contributed by atoms with Crippen LogP contribution in [0.15, 0.2) is 231 Å². The molecule has 0 radical (unpaired) electrons. The molecule has 12 aromatic rings. The van der Waals surface area contributed by atoms with Crippen molar-refractivity contribution in [3.63, 3.8) is 0 Å². The molecule has 10 aromatic carbocycles. The fourth-order valence-corrected chi connectivity index (χ4v) is 13.9. The first-order valence-electron chi connectivity index (χ1n) is 22.5. The Morgan fingerprint density at radius 1 is 0.242 bits per heavy atom. The van der Waals surface area contributed by atoms with Crippen LogP contribution in [0.2, 0.25) is 0 Å². The number of fused-ring (bicyclic) bond motifs is 6. The Hall–Kier alpha value is -7.16. The van der Waals surface area contributed by atoms with Crippen molar-refractivity contribution in [2.45, 2.75) is 13.8 Å². The summed E-state index contributed by atoms with van der Waals surface area (Å²) in [6, 6.07) is 85.5. The van der Waals surface area contributed by atoms with Gasteiger partial charge in [-0.1, -0.05) is 11.1 Å². The van der Waals surface area contributed by atoms with Crippen LogP contribution >= 0.6 is 0 Å². The van der Waals surface area contributed by atoms with Gasteiger partial charge in [-0.2, -0.15) is 0 Å². The van der Waals surface area contributed by atoms with Crippen LogP contribution < -0.4 is 9.80 Å². The third-order valence-electron chi connectivity index (χ3n) is 12.8. The third-order valence-corrected chi connectivity index (χ3v) is 17.7. The predicted molar refractivity (Wildman–Crippen MR) is 285 cm³/mol. The third kappa shape index (κ3) is 7.59. The fraction of sp³-hybridized carbons (Fsp3) is 0.0323. The first-order chi connectivity index (χ1) is 32.5. The van der Waals surface area contributed by atoms with Crippen LogP contribution in [0, 0.1) is 13.8 Å². The first kappa shape index (κ1) is 40.4. The molecular weight excluding hydrogens is 931 g/mol. The van der Waals surface area contributed by atoms with E-state index in [-0.39, 0.29) is 0 Å². The summed E-state index contributed by atoms with van der Waals surface area (Å²) in [7, 11) is 0. The number of nitrogens with zero attached hydrogens (tertiary/aromatic N) is 2. The van der Waals surface area contributed by atoms with Crippen molar-refractivity contribution < 1.29 is 0 Å².